The van der Waals surface area contributed by atoms with Crippen LogP contribution in [-0.2, 0) is 10.0 Å². The Morgan fingerprint density at radius 2 is 1.93 bits per heavy atom. The van der Waals surface area contributed by atoms with Gasteiger partial charge in [0.25, 0.3) is 15.9 Å². The summed E-state index contributed by atoms with van der Waals surface area (Å²) in [5, 5.41) is 0. The number of nitrogen functional groups attached to an aromatic ring is 1. The molecule has 2 aromatic carbocycles. The summed E-state index contributed by atoms with van der Waals surface area (Å²) in [6.07, 6.45) is -4.69. The summed E-state index contributed by atoms with van der Waals surface area (Å²) < 4.78 is 89.3. The molecule has 3 N–H and O–H groups in total. The van der Waals surface area contributed by atoms with Crippen molar-refractivity contribution >= 4 is 27.4 Å². The van der Waals surface area contributed by atoms with E-state index in [9.17, 15) is 30.8 Å². The first kappa shape index (κ1) is 29.1. The van der Waals surface area contributed by atoms with Gasteiger partial charge in [-0.05, 0) is 61.2 Å². The average molecular weight is 581 g/mol. The predicted molar refractivity (Wildman–Crippen MR) is 142 cm³/mol. The number of aromatic nitrogens is 1. The molecule has 0 saturated carbocycles. The molecule has 0 bridgehead atoms. The SMILES string of the molecule is CC(C)COc1cc(F)cc(-c2ccc(C(=O)NS(=O)(=O)c3cccc(N)c3)c(N3CCC[C@H]3C(F)(F)F)n2)c1. The van der Waals surface area contributed by atoms with Crippen molar-refractivity contribution in [1.82, 2.24) is 9.71 Å². The fourth-order valence-corrected chi connectivity index (χ4v) is 5.36. The Labute approximate surface area is 229 Å². The van der Waals surface area contributed by atoms with Crippen molar-refractivity contribution in [2.24, 2.45) is 5.92 Å². The van der Waals surface area contributed by atoms with Crippen LogP contribution in [-0.4, -0.2) is 44.7 Å². The molecule has 13 heteroatoms. The van der Waals surface area contributed by atoms with Gasteiger partial charge in [0.15, 0.2) is 0 Å². The van der Waals surface area contributed by atoms with E-state index in [1.54, 1.807) is 0 Å². The standard InChI is InChI=1S/C27H28F4N4O4S/c1-16(2)15-39-20-12-17(11-18(28)13-20)23-9-8-22(25(33-23)35-10-4-7-24(35)27(29,30)31)26(36)34-40(37,38)21-6-3-5-19(32)14-21/h3,5-6,8-9,11-14,16,24H,4,7,10,15,32H2,1-2H3,(H,34,36)/t24-/m0/s1. The zero-order valence-corrected chi connectivity index (χ0v) is 22.5. The molecule has 3 aromatic rings. The van der Waals surface area contributed by atoms with Crippen molar-refractivity contribution in [3.8, 4) is 17.0 Å². The number of nitrogens with two attached hydrogens (primary N) is 1. The number of anilines is 2. The fourth-order valence-electron chi connectivity index (χ4n) is 4.34. The number of pyridine rings is 1. The van der Waals surface area contributed by atoms with E-state index in [4.69, 9.17) is 10.5 Å². The summed E-state index contributed by atoms with van der Waals surface area (Å²) in [5.74, 6) is -1.83. The van der Waals surface area contributed by atoms with Crippen molar-refractivity contribution in [1.29, 1.82) is 0 Å². The van der Waals surface area contributed by atoms with Crippen LogP contribution >= 0.6 is 0 Å². The van der Waals surface area contributed by atoms with E-state index < -0.39 is 34.0 Å². The molecule has 1 aromatic heterocycles. The monoisotopic (exact) mass is 580 g/mol. The summed E-state index contributed by atoms with van der Waals surface area (Å²) in [6.45, 7) is 4.06. The van der Waals surface area contributed by atoms with E-state index in [1.165, 1.54) is 42.5 Å². The molecule has 1 fully saturated rings. The lowest BCUT2D eigenvalue weighted by Gasteiger charge is -2.29. The molecule has 8 nitrogen and oxygen atoms in total. The van der Waals surface area contributed by atoms with Crippen LogP contribution in [0.15, 0.2) is 59.5 Å². The number of nitrogens with zero attached hydrogens (tertiary/aromatic N) is 2. The molecule has 1 aliphatic heterocycles. The Balaban J connectivity index is 1.77. The van der Waals surface area contributed by atoms with Crippen LogP contribution in [0.25, 0.3) is 11.3 Å². The van der Waals surface area contributed by atoms with Crippen molar-refractivity contribution < 1.29 is 35.5 Å². The van der Waals surface area contributed by atoms with Gasteiger partial charge in [0, 0.05) is 23.9 Å². The first-order chi connectivity index (χ1) is 18.7. The molecule has 0 spiro atoms. The quantitative estimate of drug-likeness (QED) is 0.280. The minimum atomic E-state index is -4.63. The summed E-state index contributed by atoms with van der Waals surface area (Å²) >= 11 is 0. The third kappa shape index (κ3) is 6.64. The Hall–Kier alpha value is -3.87. The van der Waals surface area contributed by atoms with E-state index >= 15 is 0 Å². The largest absolute Gasteiger partial charge is 0.493 e. The van der Waals surface area contributed by atoms with Crippen LogP contribution in [0.1, 0.15) is 37.0 Å². The smallest absolute Gasteiger partial charge is 0.408 e. The van der Waals surface area contributed by atoms with Gasteiger partial charge in [0.05, 0.1) is 22.8 Å². The molecule has 0 unspecified atom stereocenters. The first-order valence-corrected chi connectivity index (χ1v) is 13.9. The zero-order valence-electron chi connectivity index (χ0n) is 21.7. The highest BCUT2D eigenvalue weighted by molar-refractivity contribution is 7.90. The molecule has 4 rings (SSSR count). The van der Waals surface area contributed by atoms with E-state index in [-0.39, 0.29) is 64.3 Å². The number of carbonyl (C=O) groups excluding carboxylic acids is 1. The van der Waals surface area contributed by atoms with Gasteiger partial charge in [-0.1, -0.05) is 19.9 Å². The highest BCUT2D eigenvalue weighted by Crippen LogP contribution is 2.38. The lowest BCUT2D eigenvalue weighted by Crippen LogP contribution is -2.43. The summed E-state index contributed by atoms with van der Waals surface area (Å²) in [5.41, 5.74) is 5.69. The minimum Gasteiger partial charge on any atom is -0.493 e. The number of sulfonamides is 1. The van der Waals surface area contributed by atoms with Gasteiger partial charge in [0.1, 0.15) is 23.4 Å². The molecule has 2 heterocycles. The molecule has 1 amide bonds. The lowest BCUT2D eigenvalue weighted by atomic mass is 10.1. The van der Waals surface area contributed by atoms with E-state index in [2.05, 4.69) is 4.98 Å². The Kier molecular flexibility index (Phi) is 8.24. The van der Waals surface area contributed by atoms with Gasteiger partial charge in [-0.15, -0.1) is 0 Å². The third-order valence-electron chi connectivity index (χ3n) is 6.17. The number of benzene rings is 2. The van der Waals surface area contributed by atoms with Gasteiger partial charge in [-0.3, -0.25) is 4.79 Å². The molecular formula is C27H28F4N4O4S. The molecule has 1 aliphatic rings. The number of nitrogens with one attached hydrogen (secondary N) is 1. The number of alkyl halides is 3. The number of ether oxygens (including phenoxy) is 1. The van der Waals surface area contributed by atoms with Crippen LogP contribution in [0, 0.1) is 11.7 Å². The molecule has 1 saturated heterocycles. The zero-order chi connectivity index (χ0) is 29.2. The second kappa shape index (κ2) is 11.3. The van der Waals surface area contributed by atoms with Crippen LogP contribution in [0.4, 0.5) is 29.1 Å². The van der Waals surface area contributed by atoms with Crippen LogP contribution < -0.4 is 20.1 Å². The van der Waals surface area contributed by atoms with Crippen molar-refractivity contribution in [2.45, 2.75) is 43.8 Å². The highest BCUT2D eigenvalue weighted by atomic mass is 32.2. The number of carbonyl (C=O) groups is 1. The maximum Gasteiger partial charge on any atom is 0.408 e. The Bertz CT molecular complexity index is 1510. The number of halogens is 4. The van der Waals surface area contributed by atoms with Crippen LogP contribution in [0.3, 0.4) is 0 Å². The number of rotatable bonds is 8. The van der Waals surface area contributed by atoms with E-state index in [0.717, 1.165) is 17.0 Å². The second-order valence-electron chi connectivity index (χ2n) is 9.85. The number of amides is 1. The summed E-state index contributed by atoms with van der Waals surface area (Å²) in [6, 6.07) is 9.55. The number of hydrogen-bond acceptors (Lipinski definition) is 7. The normalized spacial score (nSPS) is 15.9. The molecule has 214 valence electrons. The van der Waals surface area contributed by atoms with Gasteiger partial charge in [0.2, 0.25) is 0 Å². The Morgan fingerprint density at radius 1 is 1.18 bits per heavy atom. The summed E-state index contributed by atoms with van der Waals surface area (Å²) in [4.78, 5) is 18.2. The van der Waals surface area contributed by atoms with Crippen molar-refractivity contribution in [3.05, 3.63) is 66.0 Å². The third-order valence-corrected chi connectivity index (χ3v) is 7.50. The van der Waals surface area contributed by atoms with Crippen LogP contribution in [0.5, 0.6) is 5.75 Å². The second-order valence-corrected chi connectivity index (χ2v) is 11.5. The minimum absolute atomic E-state index is 0.0746. The fraction of sp³-hybridized carbons (Fsp3) is 0.333. The maximum absolute atomic E-state index is 14.4. The van der Waals surface area contributed by atoms with Crippen molar-refractivity contribution in [3.63, 3.8) is 0 Å². The number of hydrogen-bond donors (Lipinski definition) is 2. The highest BCUT2D eigenvalue weighted by Gasteiger charge is 2.47. The van der Waals surface area contributed by atoms with Gasteiger partial charge >= 0.3 is 6.18 Å². The maximum atomic E-state index is 14.4. The predicted octanol–water partition coefficient (Wildman–Crippen LogP) is 5.15. The molecule has 40 heavy (non-hydrogen) atoms. The first-order valence-electron chi connectivity index (χ1n) is 12.5. The molecule has 1 atom stereocenters. The summed E-state index contributed by atoms with van der Waals surface area (Å²) in [7, 11) is -4.41. The van der Waals surface area contributed by atoms with Crippen molar-refractivity contribution in [2.75, 3.05) is 23.8 Å². The van der Waals surface area contributed by atoms with Crippen LogP contribution in [0.2, 0.25) is 0 Å². The van der Waals surface area contributed by atoms with E-state index in [0.29, 0.717) is 6.61 Å². The Morgan fingerprint density at radius 3 is 2.60 bits per heavy atom. The molecule has 0 aliphatic carbocycles. The van der Waals surface area contributed by atoms with Gasteiger partial charge in [-0.2, -0.15) is 13.2 Å². The molecular weight excluding hydrogens is 552 g/mol. The van der Waals surface area contributed by atoms with E-state index in [1.807, 2.05) is 18.6 Å². The molecule has 0 radical (unpaired) electrons. The van der Waals surface area contributed by atoms with Gasteiger partial charge in [-0.25, -0.2) is 22.5 Å². The van der Waals surface area contributed by atoms with Gasteiger partial charge < -0.3 is 15.4 Å². The lowest BCUT2D eigenvalue weighted by molar-refractivity contribution is -0.146. The average Bonchev–Trinajstić information content (AvgIpc) is 3.37. The topological polar surface area (TPSA) is 115 Å².